The second-order valence-corrected chi connectivity index (χ2v) is 5.81. The van der Waals surface area contributed by atoms with Crippen LogP contribution in [0.4, 0.5) is 0 Å². The van der Waals surface area contributed by atoms with E-state index in [1.165, 1.54) is 45.1 Å². The molecule has 0 saturated heterocycles. The van der Waals surface area contributed by atoms with Gasteiger partial charge in [-0.25, -0.2) is 0 Å². The quantitative estimate of drug-likeness (QED) is 0.706. The number of nitrogens with one attached hydrogen (secondary N) is 1. The van der Waals surface area contributed by atoms with Crippen LogP contribution >= 0.6 is 0 Å². The first-order valence-electron chi connectivity index (χ1n) is 5.89. The Morgan fingerprint density at radius 1 is 1.23 bits per heavy atom. The highest BCUT2D eigenvalue weighted by Crippen LogP contribution is 2.38. The number of hydrogen-bond acceptors (Lipinski definition) is 1. The second kappa shape index (κ2) is 3.61. The molecule has 2 aliphatic rings. The van der Waals surface area contributed by atoms with Gasteiger partial charge in [0.15, 0.2) is 0 Å². The van der Waals surface area contributed by atoms with E-state index in [4.69, 9.17) is 0 Å². The first-order chi connectivity index (χ1) is 6.16. The molecule has 0 aromatic heterocycles. The van der Waals surface area contributed by atoms with Crippen molar-refractivity contribution < 1.29 is 0 Å². The molecule has 1 unspecified atom stereocenters. The summed E-state index contributed by atoms with van der Waals surface area (Å²) < 4.78 is 0. The van der Waals surface area contributed by atoms with Crippen LogP contribution < -0.4 is 5.32 Å². The van der Waals surface area contributed by atoms with Crippen LogP contribution in [-0.4, -0.2) is 12.6 Å². The molecule has 0 heterocycles. The third kappa shape index (κ3) is 2.98. The van der Waals surface area contributed by atoms with Gasteiger partial charge in [0, 0.05) is 6.04 Å². The van der Waals surface area contributed by atoms with E-state index < -0.39 is 0 Å². The van der Waals surface area contributed by atoms with Gasteiger partial charge in [0.2, 0.25) is 0 Å². The Bertz CT molecular complexity index is 170. The molecule has 1 N–H and O–H groups in total. The number of rotatable bonds is 3. The van der Waals surface area contributed by atoms with Crippen molar-refractivity contribution in [2.75, 3.05) is 6.54 Å². The Morgan fingerprint density at radius 2 is 2.00 bits per heavy atom. The summed E-state index contributed by atoms with van der Waals surface area (Å²) in [5.41, 5.74) is 0.619. The zero-order chi connectivity index (χ0) is 9.31. The van der Waals surface area contributed by atoms with E-state index in [0.29, 0.717) is 5.41 Å². The molecule has 1 atom stereocenters. The summed E-state index contributed by atoms with van der Waals surface area (Å²) in [4.78, 5) is 0. The van der Waals surface area contributed by atoms with Crippen LogP contribution in [0.15, 0.2) is 0 Å². The highest BCUT2D eigenvalue weighted by Gasteiger charge is 2.29. The van der Waals surface area contributed by atoms with Crippen LogP contribution in [0.3, 0.4) is 0 Å². The van der Waals surface area contributed by atoms with Crippen molar-refractivity contribution in [3.05, 3.63) is 0 Å². The molecule has 0 aromatic carbocycles. The van der Waals surface area contributed by atoms with Gasteiger partial charge in [0.05, 0.1) is 0 Å². The summed E-state index contributed by atoms with van der Waals surface area (Å²) in [5.74, 6) is 0.962. The van der Waals surface area contributed by atoms with Crippen molar-refractivity contribution in [2.45, 2.75) is 58.4 Å². The molecule has 76 valence electrons. The monoisotopic (exact) mass is 181 g/mol. The molecule has 0 spiro atoms. The fourth-order valence-electron chi connectivity index (χ4n) is 2.65. The zero-order valence-corrected chi connectivity index (χ0v) is 9.10. The molecular weight excluding hydrogens is 158 g/mol. The Hall–Kier alpha value is -0.0400. The maximum absolute atomic E-state index is 3.66. The minimum Gasteiger partial charge on any atom is -0.314 e. The van der Waals surface area contributed by atoms with Crippen molar-refractivity contribution in [1.29, 1.82) is 0 Å². The lowest BCUT2D eigenvalue weighted by Crippen LogP contribution is -2.31. The van der Waals surface area contributed by atoms with Gasteiger partial charge in [-0.2, -0.15) is 0 Å². The zero-order valence-electron chi connectivity index (χ0n) is 9.10. The molecule has 0 amide bonds. The van der Waals surface area contributed by atoms with Crippen molar-refractivity contribution in [3.63, 3.8) is 0 Å². The largest absolute Gasteiger partial charge is 0.314 e. The Balaban J connectivity index is 1.71. The normalized spacial score (nSPS) is 33.2. The third-order valence-electron chi connectivity index (χ3n) is 3.58. The molecule has 1 nitrogen and oxygen atoms in total. The summed E-state index contributed by atoms with van der Waals surface area (Å²) in [6.45, 7) is 6.14. The van der Waals surface area contributed by atoms with Gasteiger partial charge in [0.25, 0.3) is 0 Å². The second-order valence-electron chi connectivity index (χ2n) is 5.81. The van der Waals surface area contributed by atoms with E-state index in [2.05, 4.69) is 19.2 Å². The van der Waals surface area contributed by atoms with Gasteiger partial charge in [-0.05, 0) is 50.0 Å². The molecule has 2 fully saturated rings. The van der Waals surface area contributed by atoms with Gasteiger partial charge >= 0.3 is 0 Å². The van der Waals surface area contributed by atoms with E-state index in [1.54, 1.807) is 0 Å². The Labute approximate surface area is 82.3 Å². The Kier molecular flexibility index (Phi) is 2.64. The topological polar surface area (TPSA) is 12.0 Å². The molecule has 2 rings (SSSR count). The molecule has 13 heavy (non-hydrogen) atoms. The van der Waals surface area contributed by atoms with Gasteiger partial charge in [-0.1, -0.05) is 20.3 Å². The van der Waals surface area contributed by atoms with Crippen molar-refractivity contribution in [2.24, 2.45) is 11.3 Å². The SMILES string of the molecule is CC1(C)CCCC(CNC2CC2)C1. The van der Waals surface area contributed by atoms with Crippen molar-refractivity contribution >= 4 is 0 Å². The highest BCUT2D eigenvalue weighted by atomic mass is 14.9. The molecule has 0 radical (unpaired) electrons. The Morgan fingerprint density at radius 3 is 2.62 bits per heavy atom. The van der Waals surface area contributed by atoms with Crippen molar-refractivity contribution in [1.82, 2.24) is 5.32 Å². The fraction of sp³-hybridized carbons (Fsp3) is 1.00. The standard InChI is InChI=1S/C12H23N/c1-12(2)7-3-4-10(8-12)9-13-11-5-6-11/h10-11,13H,3-9H2,1-2H3. The van der Waals surface area contributed by atoms with E-state index in [0.717, 1.165) is 12.0 Å². The first-order valence-corrected chi connectivity index (χ1v) is 5.89. The van der Waals surface area contributed by atoms with Crippen LogP contribution in [-0.2, 0) is 0 Å². The van der Waals surface area contributed by atoms with E-state index in [9.17, 15) is 0 Å². The fourth-order valence-corrected chi connectivity index (χ4v) is 2.65. The lowest BCUT2D eigenvalue weighted by Gasteiger charge is -2.35. The van der Waals surface area contributed by atoms with Gasteiger partial charge in [-0.15, -0.1) is 0 Å². The lowest BCUT2D eigenvalue weighted by molar-refractivity contribution is 0.177. The number of hydrogen-bond donors (Lipinski definition) is 1. The van der Waals surface area contributed by atoms with E-state index in [-0.39, 0.29) is 0 Å². The smallest absolute Gasteiger partial charge is 0.00683 e. The molecular formula is C12H23N. The van der Waals surface area contributed by atoms with Crippen LogP contribution in [0.5, 0.6) is 0 Å². The molecule has 1 heteroatoms. The molecule has 0 bridgehead atoms. The molecule has 0 aliphatic heterocycles. The summed E-state index contributed by atoms with van der Waals surface area (Å²) in [6.07, 6.45) is 8.64. The highest BCUT2D eigenvalue weighted by molar-refractivity contribution is 4.85. The molecule has 2 aliphatic carbocycles. The van der Waals surface area contributed by atoms with Gasteiger partial charge < -0.3 is 5.32 Å². The van der Waals surface area contributed by atoms with Gasteiger partial charge in [0.1, 0.15) is 0 Å². The van der Waals surface area contributed by atoms with Gasteiger partial charge in [-0.3, -0.25) is 0 Å². The van der Waals surface area contributed by atoms with Crippen LogP contribution in [0, 0.1) is 11.3 Å². The van der Waals surface area contributed by atoms with Crippen LogP contribution in [0.25, 0.3) is 0 Å². The maximum Gasteiger partial charge on any atom is 0.00683 e. The maximum atomic E-state index is 3.66. The molecule has 2 saturated carbocycles. The minimum absolute atomic E-state index is 0.619. The summed E-state index contributed by atoms with van der Waals surface area (Å²) >= 11 is 0. The predicted octanol–water partition coefficient (Wildman–Crippen LogP) is 2.95. The minimum atomic E-state index is 0.619. The summed E-state index contributed by atoms with van der Waals surface area (Å²) in [6, 6.07) is 0.894. The van der Waals surface area contributed by atoms with E-state index >= 15 is 0 Å². The third-order valence-corrected chi connectivity index (χ3v) is 3.58. The van der Waals surface area contributed by atoms with Crippen LogP contribution in [0.1, 0.15) is 52.4 Å². The predicted molar refractivity (Wildman–Crippen MR) is 56.8 cm³/mol. The van der Waals surface area contributed by atoms with Crippen molar-refractivity contribution in [3.8, 4) is 0 Å². The average Bonchev–Trinajstić information content (AvgIpc) is 2.82. The average molecular weight is 181 g/mol. The summed E-state index contributed by atoms with van der Waals surface area (Å²) in [5, 5.41) is 3.66. The summed E-state index contributed by atoms with van der Waals surface area (Å²) in [7, 11) is 0. The van der Waals surface area contributed by atoms with Crippen LogP contribution in [0.2, 0.25) is 0 Å². The first kappa shape index (κ1) is 9.51. The lowest BCUT2D eigenvalue weighted by atomic mass is 9.72. The van der Waals surface area contributed by atoms with E-state index in [1.807, 2.05) is 0 Å². The molecule has 0 aromatic rings.